The molecule has 0 aliphatic heterocycles. The van der Waals surface area contributed by atoms with Gasteiger partial charge < -0.3 is 9.64 Å². The van der Waals surface area contributed by atoms with Crippen molar-refractivity contribution in [3.8, 4) is 0 Å². The Morgan fingerprint density at radius 3 is 2.59 bits per heavy atom. The van der Waals surface area contributed by atoms with E-state index in [-0.39, 0.29) is 23.3 Å². The topological polar surface area (TPSA) is 64.4 Å². The van der Waals surface area contributed by atoms with E-state index in [0.29, 0.717) is 29.2 Å². The zero-order valence-corrected chi connectivity index (χ0v) is 17.7. The standard InChI is InChI=1S/C22H25N3O3S/c1-16(14-28-3)25-21(27)18-11-7-8-12-19(18)23-22(25)29-15-20(26)24(2)13-17-9-5-4-6-10-17/h4-12,16H,13-15H2,1-3H3. The number of fused-ring (bicyclic) bond motifs is 1. The molecule has 3 aromatic rings. The van der Waals surface area contributed by atoms with Crippen LogP contribution < -0.4 is 5.56 Å². The number of thioether (sulfide) groups is 1. The Morgan fingerprint density at radius 2 is 1.86 bits per heavy atom. The van der Waals surface area contributed by atoms with Gasteiger partial charge in [0.05, 0.1) is 29.3 Å². The lowest BCUT2D eigenvalue weighted by molar-refractivity contribution is -0.127. The molecule has 0 aliphatic carbocycles. The van der Waals surface area contributed by atoms with Crippen LogP contribution in [-0.4, -0.2) is 46.9 Å². The summed E-state index contributed by atoms with van der Waals surface area (Å²) in [5, 5.41) is 1.09. The van der Waals surface area contributed by atoms with Crippen LogP contribution >= 0.6 is 11.8 Å². The maximum absolute atomic E-state index is 13.0. The second-order valence-electron chi connectivity index (χ2n) is 6.92. The van der Waals surface area contributed by atoms with Gasteiger partial charge in [-0.3, -0.25) is 14.2 Å². The van der Waals surface area contributed by atoms with Crippen LogP contribution in [0.3, 0.4) is 0 Å². The fourth-order valence-electron chi connectivity index (χ4n) is 3.11. The van der Waals surface area contributed by atoms with E-state index in [9.17, 15) is 9.59 Å². The zero-order valence-electron chi connectivity index (χ0n) is 16.9. The predicted octanol–water partition coefficient (Wildman–Crippen LogP) is 3.35. The van der Waals surface area contributed by atoms with E-state index < -0.39 is 0 Å². The Hall–Kier alpha value is -2.64. The van der Waals surface area contributed by atoms with Crippen molar-refractivity contribution in [2.45, 2.75) is 24.7 Å². The van der Waals surface area contributed by atoms with Crippen molar-refractivity contribution in [1.29, 1.82) is 0 Å². The number of carbonyl (C=O) groups excluding carboxylic acids is 1. The second kappa shape index (κ2) is 9.71. The summed E-state index contributed by atoms with van der Waals surface area (Å²) in [5.74, 6) is 0.181. The number of nitrogens with zero attached hydrogens (tertiary/aromatic N) is 3. The van der Waals surface area contributed by atoms with E-state index in [4.69, 9.17) is 4.74 Å². The first-order valence-electron chi connectivity index (χ1n) is 9.42. The molecule has 3 rings (SSSR count). The number of benzene rings is 2. The fraction of sp³-hybridized carbons (Fsp3) is 0.318. The smallest absolute Gasteiger partial charge is 0.262 e. The Bertz CT molecular complexity index is 1040. The van der Waals surface area contributed by atoms with Crippen molar-refractivity contribution < 1.29 is 9.53 Å². The summed E-state index contributed by atoms with van der Waals surface area (Å²) in [6.07, 6.45) is 0. The van der Waals surface area contributed by atoms with Crippen molar-refractivity contribution in [2.75, 3.05) is 26.5 Å². The maximum Gasteiger partial charge on any atom is 0.262 e. The van der Waals surface area contributed by atoms with Gasteiger partial charge in [-0.25, -0.2) is 4.98 Å². The Labute approximate surface area is 174 Å². The molecule has 0 spiro atoms. The lowest BCUT2D eigenvalue weighted by atomic mass is 10.2. The summed E-state index contributed by atoms with van der Waals surface area (Å²) in [4.78, 5) is 32.0. The monoisotopic (exact) mass is 411 g/mol. The number of rotatable bonds is 8. The van der Waals surface area contributed by atoms with Crippen LogP contribution in [0, 0.1) is 0 Å². The van der Waals surface area contributed by atoms with E-state index >= 15 is 0 Å². The van der Waals surface area contributed by atoms with E-state index in [1.54, 1.807) is 29.7 Å². The summed E-state index contributed by atoms with van der Waals surface area (Å²) in [5.41, 5.74) is 1.58. The van der Waals surface area contributed by atoms with Gasteiger partial charge in [-0.05, 0) is 24.6 Å². The predicted molar refractivity (Wildman–Crippen MR) is 116 cm³/mol. The van der Waals surface area contributed by atoms with Crippen LogP contribution in [0.1, 0.15) is 18.5 Å². The minimum absolute atomic E-state index is 0.0211. The quantitative estimate of drug-likeness (QED) is 0.420. The molecule has 0 saturated carbocycles. The molecule has 1 heterocycles. The fourth-order valence-corrected chi connectivity index (χ4v) is 4.15. The SMILES string of the molecule is COCC(C)n1c(SCC(=O)N(C)Cc2ccccc2)nc2ccccc2c1=O. The number of methoxy groups -OCH3 is 1. The van der Waals surface area contributed by atoms with Gasteiger partial charge >= 0.3 is 0 Å². The van der Waals surface area contributed by atoms with Gasteiger partial charge in [0.1, 0.15) is 0 Å². The lowest BCUT2D eigenvalue weighted by Gasteiger charge is -2.20. The highest BCUT2D eigenvalue weighted by atomic mass is 32.2. The van der Waals surface area contributed by atoms with Crippen LogP contribution in [0.15, 0.2) is 64.5 Å². The molecule has 0 fully saturated rings. The highest BCUT2D eigenvalue weighted by Gasteiger charge is 2.18. The highest BCUT2D eigenvalue weighted by Crippen LogP contribution is 2.21. The minimum atomic E-state index is -0.191. The molecule has 1 aromatic heterocycles. The van der Waals surface area contributed by atoms with Gasteiger partial charge in [-0.15, -0.1) is 0 Å². The van der Waals surface area contributed by atoms with Crippen molar-refractivity contribution >= 4 is 28.6 Å². The first kappa shape index (κ1) is 21.1. The zero-order chi connectivity index (χ0) is 20.8. The maximum atomic E-state index is 13.0. The summed E-state index contributed by atoms with van der Waals surface area (Å²) in [6, 6.07) is 16.9. The van der Waals surface area contributed by atoms with Crippen LogP contribution in [0.5, 0.6) is 0 Å². The van der Waals surface area contributed by atoms with Crippen molar-refractivity contribution in [3.63, 3.8) is 0 Å². The van der Waals surface area contributed by atoms with Gasteiger partial charge in [-0.1, -0.05) is 54.2 Å². The average molecular weight is 412 g/mol. The molecule has 2 aromatic carbocycles. The second-order valence-corrected chi connectivity index (χ2v) is 7.86. The number of carbonyl (C=O) groups is 1. The summed E-state index contributed by atoms with van der Waals surface area (Å²) >= 11 is 1.28. The van der Waals surface area contributed by atoms with Gasteiger partial charge in [0, 0.05) is 20.7 Å². The third-order valence-corrected chi connectivity index (χ3v) is 5.57. The van der Waals surface area contributed by atoms with Crippen LogP contribution in [-0.2, 0) is 16.1 Å². The average Bonchev–Trinajstić information content (AvgIpc) is 2.73. The van der Waals surface area contributed by atoms with E-state index in [1.165, 1.54) is 11.8 Å². The molecule has 29 heavy (non-hydrogen) atoms. The summed E-state index contributed by atoms with van der Waals surface area (Å²) < 4.78 is 6.86. The Kier molecular flexibility index (Phi) is 7.06. The molecule has 0 N–H and O–H groups in total. The third-order valence-electron chi connectivity index (χ3n) is 4.64. The first-order chi connectivity index (χ1) is 14.0. The van der Waals surface area contributed by atoms with Crippen LogP contribution in [0.25, 0.3) is 10.9 Å². The number of hydrogen-bond donors (Lipinski definition) is 0. The molecular formula is C22H25N3O3S. The molecule has 0 aliphatic rings. The normalized spacial score (nSPS) is 12.1. The Morgan fingerprint density at radius 1 is 1.17 bits per heavy atom. The van der Waals surface area contributed by atoms with Crippen molar-refractivity contribution in [1.82, 2.24) is 14.5 Å². The van der Waals surface area contributed by atoms with Crippen LogP contribution in [0.2, 0.25) is 0 Å². The molecule has 1 amide bonds. The number of ether oxygens (including phenoxy) is 1. The lowest BCUT2D eigenvalue weighted by Crippen LogP contribution is -2.30. The number of hydrogen-bond acceptors (Lipinski definition) is 5. The van der Waals surface area contributed by atoms with Gasteiger partial charge in [-0.2, -0.15) is 0 Å². The van der Waals surface area contributed by atoms with E-state index in [1.807, 2.05) is 55.5 Å². The molecule has 0 saturated heterocycles. The molecular weight excluding hydrogens is 386 g/mol. The third kappa shape index (κ3) is 5.05. The van der Waals surface area contributed by atoms with Gasteiger partial charge in [0.15, 0.2) is 5.16 Å². The van der Waals surface area contributed by atoms with Crippen LogP contribution in [0.4, 0.5) is 0 Å². The Balaban J connectivity index is 1.82. The van der Waals surface area contributed by atoms with E-state index in [0.717, 1.165) is 5.56 Å². The summed E-state index contributed by atoms with van der Waals surface area (Å²) in [7, 11) is 3.38. The molecule has 7 heteroatoms. The van der Waals surface area contributed by atoms with Crippen molar-refractivity contribution in [3.05, 3.63) is 70.5 Å². The number of para-hydroxylation sites is 1. The summed E-state index contributed by atoms with van der Waals surface area (Å²) in [6.45, 7) is 2.84. The minimum Gasteiger partial charge on any atom is -0.383 e. The molecule has 1 unspecified atom stereocenters. The van der Waals surface area contributed by atoms with Gasteiger partial charge in [0.25, 0.3) is 5.56 Å². The molecule has 0 radical (unpaired) electrons. The molecule has 1 atom stereocenters. The number of amides is 1. The van der Waals surface area contributed by atoms with E-state index in [2.05, 4.69) is 4.98 Å². The molecule has 0 bridgehead atoms. The molecule has 6 nitrogen and oxygen atoms in total. The highest BCUT2D eigenvalue weighted by molar-refractivity contribution is 7.99. The first-order valence-corrected chi connectivity index (χ1v) is 10.4. The van der Waals surface area contributed by atoms with Crippen molar-refractivity contribution in [2.24, 2.45) is 0 Å². The largest absolute Gasteiger partial charge is 0.383 e. The number of aromatic nitrogens is 2. The molecule has 152 valence electrons. The van der Waals surface area contributed by atoms with Gasteiger partial charge in [0.2, 0.25) is 5.91 Å².